The number of halogens is 2. The summed E-state index contributed by atoms with van der Waals surface area (Å²) in [7, 11) is 0. The molecule has 0 unspecified atom stereocenters. The van der Waals surface area contributed by atoms with Crippen LogP contribution in [0.25, 0.3) is 10.1 Å². The molecule has 2 rings (SSSR count). The van der Waals surface area contributed by atoms with E-state index in [9.17, 15) is 0 Å². The van der Waals surface area contributed by atoms with Gasteiger partial charge in [-0.15, -0.1) is 11.3 Å². The molecule has 0 fully saturated rings. The lowest BCUT2D eigenvalue weighted by atomic mass is 10.2. The lowest BCUT2D eigenvalue weighted by Gasteiger charge is -1.96. The third kappa shape index (κ3) is 1.20. The molecule has 0 bridgehead atoms. The zero-order chi connectivity index (χ0) is 8.72. The van der Waals surface area contributed by atoms with Crippen molar-refractivity contribution >= 4 is 61.3 Å². The van der Waals surface area contributed by atoms with E-state index in [1.165, 1.54) is 0 Å². The molecule has 0 amide bonds. The summed E-state index contributed by atoms with van der Waals surface area (Å²) in [5.74, 6) is 0. The van der Waals surface area contributed by atoms with Gasteiger partial charge in [-0.3, -0.25) is 0 Å². The van der Waals surface area contributed by atoms with E-state index >= 15 is 0 Å². The molecule has 1 aromatic carbocycles. The standard InChI is InChI=1S/C8H5ClINS/c9-7-5(10)2-1-4-6(11)3-12-8(4)7/h1-3H,11H2. The fourth-order valence-corrected chi connectivity index (χ4v) is 2.89. The molecule has 0 atom stereocenters. The molecule has 12 heavy (non-hydrogen) atoms. The van der Waals surface area contributed by atoms with E-state index in [-0.39, 0.29) is 0 Å². The van der Waals surface area contributed by atoms with E-state index < -0.39 is 0 Å². The topological polar surface area (TPSA) is 26.0 Å². The van der Waals surface area contributed by atoms with Gasteiger partial charge in [-0.05, 0) is 28.7 Å². The van der Waals surface area contributed by atoms with E-state index in [0.29, 0.717) is 0 Å². The van der Waals surface area contributed by atoms with Crippen molar-refractivity contribution in [2.45, 2.75) is 0 Å². The summed E-state index contributed by atoms with van der Waals surface area (Å²) in [5.41, 5.74) is 6.56. The molecule has 1 heterocycles. The van der Waals surface area contributed by atoms with Crippen LogP contribution in [0.2, 0.25) is 5.02 Å². The first kappa shape index (κ1) is 8.59. The van der Waals surface area contributed by atoms with Crippen molar-refractivity contribution in [1.82, 2.24) is 0 Å². The van der Waals surface area contributed by atoms with Crippen LogP contribution in [0, 0.1) is 3.57 Å². The quantitative estimate of drug-likeness (QED) is 0.737. The highest BCUT2D eigenvalue weighted by Crippen LogP contribution is 2.36. The molecule has 0 aliphatic carbocycles. The monoisotopic (exact) mass is 309 g/mol. The zero-order valence-corrected chi connectivity index (χ0v) is 9.70. The molecule has 2 N–H and O–H groups in total. The van der Waals surface area contributed by atoms with Gasteiger partial charge in [0.15, 0.2) is 0 Å². The van der Waals surface area contributed by atoms with Crippen molar-refractivity contribution in [2.24, 2.45) is 0 Å². The number of hydrogen-bond acceptors (Lipinski definition) is 2. The first-order valence-electron chi connectivity index (χ1n) is 3.31. The molecule has 0 aliphatic heterocycles. The first-order chi connectivity index (χ1) is 5.70. The van der Waals surface area contributed by atoms with Gasteiger partial charge < -0.3 is 5.73 Å². The maximum Gasteiger partial charge on any atom is 0.0718 e. The van der Waals surface area contributed by atoms with Gasteiger partial charge in [0, 0.05) is 14.3 Å². The Labute approximate surface area is 92.7 Å². The smallest absolute Gasteiger partial charge is 0.0718 e. The molecule has 2 aromatic rings. The molecule has 0 aliphatic rings. The number of anilines is 1. The lowest BCUT2D eigenvalue weighted by Crippen LogP contribution is -1.80. The number of rotatable bonds is 0. The normalized spacial score (nSPS) is 10.8. The summed E-state index contributed by atoms with van der Waals surface area (Å²) >= 11 is 9.90. The predicted molar refractivity (Wildman–Crippen MR) is 64.0 cm³/mol. The van der Waals surface area contributed by atoms with Crippen molar-refractivity contribution in [3.63, 3.8) is 0 Å². The molecule has 62 valence electrons. The number of nitrogens with two attached hydrogens (primary N) is 1. The fourth-order valence-electron chi connectivity index (χ4n) is 1.06. The third-order valence-corrected chi connectivity index (χ3v) is 4.42. The molecule has 4 heteroatoms. The summed E-state index contributed by atoms with van der Waals surface area (Å²) in [6.07, 6.45) is 0. The fraction of sp³-hybridized carbons (Fsp3) is 0. The average Bonchev–Trinajstić information content (AvgIpc) is 2.41. The van der Waals surface area contributed by atoms with Crippen molar-refractivity contribution in [2.75, 3.05) is 5.73 Å². The minimum Gasteiger partial charge on any atom is -0.398 e. The largest absolute Gasteiger partial charge is 0.398 e. The molecule has 1 nitrogen and oxygen atoms in total. The van der Waals surface area contributed by atoms with E-state index in [0.717, 1.165) is 24.4 Å². The highest BCUT2D eigenvalue weighted by Gasteiger charge is 2.06. The Balaban J connectivity index is 2.93. The summed E-state index contributed by atoms with van der Waals surface area (Å²) in [6, 6.07) is 3.99. The van der Waals surface area contributed by atoms with Gasteiger partial charge in [-0.2, -0.15) is 0 Å². The number of benzene rings is 1. The van der Waals surface area contributed by atoms with Crippen LogP contribution in [0.4, 0.5) is 5.69 Å². The van der Waals surface area contributed by atoms with E-state index in [4.69, 9.17) is 17.3 Å². The van der Waals surface area contributed by atoms with Gasteiger partial charge >= 0.3 is 0 Å². The van der Waals surface area contributed by atoms with Gasteiger partial charge in [0.2, 0.25) is 0 Å². The minimum atomic E-state index is 0.813. The van der Waals surface area contributed by atoms with E-state index in [1.807, 2.05) is 17.5 Å². The van der Waals surface area contributed by atoms with Crippen LogP contribution in [0.15, 0.2) is 17.5 Å². The van der Waals surface area contributed by atoms with Gasteiger partial charge in [0.25, 0.3) is 0 Å². The Morgan fingerprint density at radius 2 is 2.17 bits per heavy atom. The molecule has 0 radical (unpaired) electrons. The van der Waals surface area contributed by atoms with Crippen LogP contribution < -0.4 is 5.73 Å². The maximum atomic E-state index is 6.09. The molecular weight excluding hydrogens is 305 g/mol. The van der Waals surface area contributed by atoms with Gasteiger partial charge in [0.1, 0.15) is 0 Å². The average molecular weight is 310 g/mol. The predicted octanol–water partition coefficient (Wildman–Crippen LogP) is 3.74. The Hall–Kier alpha value is -0.0000000000000000555. The number of fused-ring (bicyclic) bond motifs is 1. The Bertz CT molecular complexity index is 438. The third-order valence-electron chi connectivity index (χ3n) is 1.66. The van der Waals surface area contributed by atoms with Gasteiger partial charge in [-0.1, -0.05) is 17.7 Å². The van der Waals surface area contributed by atoms with Crippen LogP contribution in [-0.4, -0.2) is 0 Å². The van der Waals surface area contributed by atoms with Gasteiger partial charge in [0.05, 0.1) is 15.4 Å². The van der Waals surface area contributed by atoms with Crippen LogP contribution in [0.1, 0.15) is 0 Å². The molecule has 0 saturated heterocycles. The van der Waals surface area contributed by atoms with Crippen LogP contribution in [-0.2, 0) is 0 Å². The van der Waals surface area contributed by atoms with Crippen LogP contribution >= 0.6 is 45.5 Å². The molecular formula is C8H5ClINS. The highest BCUT2D eigenvalue weighted by molar-refractivity contribution is 14.1. The van der Waals surface area contributed by atoms with E-state index in [2.05, 4.69) is 22.6 Å². The van der Waals surface area contributed by atoms with Crippen molar-refractivity contribution in [3.05, 3.63) is 26.1 Å². The van der Waals surface area contributed by atoms with Crippen molar-refractivity contribution in [1.29, 1.82) is 0 Å². The zero-order valence-electron chi connectivity index (χ0n) is 5.97. The lowest BCUT2D eigenvalue weighted by molar-refractivity contribution is 1.75. The first-order valence-corrected chi connectivity index (χ1v) is 5.64. The van der Waals surface area contributed by atoms with Crippen LogP contribution in [0.3, 0.4) is 0 Å². The van der Waals surface area contributed by atoms with E-state index in [1.54, 1.807) is 11.3 Å². The van der Waals surface area contributed by atoms with Crippen molar-refractivity contribution in [3.8, 4) is 0 Å². The molecule has 1 aromatic heterocycles. The summed E-state index contributed by atoms with van der Waals surface area (Å²) < 4.78 is 2.16. The minimum absolute atomic E-state index is 0.813. The second kappa shape index (κ2) is 3.05. The van der Waals surface area contributed by atoms with Crippen molar-refractivity contribution < 1.29 is 0 Å². The maximum absolute atomic E-state index is 6.09. The highest BCUT2D eigenvalue weighted by atomic mass is 127. The summed E-state index contributed by atoms with van der Waals surface area (Å²) in [5, 5.41) is 3.80. The summed E-state index contributed by atoms with van der Waals surface area (Å²) in [4.78, 5) is 0. The molecule has 0 spiro atoms. The second-order valence-electron chi connectivity index (χ2n) is 2.43. The Morgan fingerprint density at radius 1 is 1.42 bits per heavy atom. The number of hydrogen-bond donors (Lipinski definition) is 1. The number of thiophene rings is 1. The SMILES string of the molecule is Nc1csc2c(Cl)c(I)ccc12. The number of nitrogen functional groups attached to an aromatic ring is 1. The summed E-state index contributed by atoms with van der Waals surface area (Å²) in [6.45, 7) is 0. The molecule has 0 saturated carbocycles. The van der Waals surface area contributed by atoms with Crippen LogP contribution in [0.5, 0.6) is 0 Å². The second-order valence-corrected chi connectivity index (χ2v) is 4.85. The Kier molecular flexibility index (Phi) is 2.18. The Morgan fingerprint density at radius 3 is 2.92 bits per heavy atom. The van der Waals surface area contributed by atoms with Gasteiger partial charge in [-0.25, -0.2) is 0 Å².